The number of benzene rings is 1. The minimum Gasteiger partial charge on any atom is -0.424 e. The zero-order valence-electron chi connectivity index (χ0n) is 10.6. The first-order valence-electron chi connectivity index (χ1n) is 5.69. The summed E-state index contributed by atoms with van der Waals surface area (Å²) in [5.41, 5.74) is 1.89. The van der Waals surface area contributed by atoms with E-state index in [1.807, 2.05) is 14.0 Å². The molecule has 1 N–H and O–H groups in total. The molecule has 0 saturated heterocycles. The molecule has 2 rings (SSSR count). The summed E-state index contributed by atoms with van der Waals surface area (Å²) in [6.07, 6.45) is 1.74. The minimum atomic E-state index is 0.274. The van der Waals surface area contributed by atoms with Crippen LogP contribution in [0, 0.1) is 6.92 Å². The Hall–Kier alpha value is -1.36. The monoisotopic (exact) mass is 297 g/mol. The van der Waals surface area contributed by atoms with Crippen LogP contribution in [0.2, 0.25) is 10.0 Å². The highest BCUT2D eigenvalue weighted by molar-refractivity contribution is 6.34. The Balaban J connectivity index is 2.21. The van der Waals surface area contributed by atoms with Gasteiger partial charge in [-0.15, -0.1) is 0 Å². The average molecular weight is 298 g/mol. The van der Waals surface area contributed by atoms with Crippen molar-refractivity contribution in [2.24, 2.45) is 0 Å². The summed E-state index contributed by atoms with van der Waals surface area (Å²) in [6, 6.07) is 5.23. The second-order valence-electron chi connectivity index (χ2n) is 4.00. The standard InChI is InChI=1S/C13H13Cl2N3O/c1-8-9(6-16-2)7-17-13(18-8)19-12-4-10(14)3-11(15)5-12/h3-5,7,16H,6H2,1-2H3. The Morgan fingerprint density at radius 3 is 2.47 bits per heavy atom. The van der Waals surface area contributed by atoms with Gasteiger partial charge >= 0.3 is 6.01 Å². The third kappa shape index (κ3) is 3.80. The number of hydrogen-bond acceptors (Lipinski definition) is 4. The maximum absolute atomic E-state index is 5.90. The van der Waals surface area contributed by atoms with Crippen LogP contribution in [-0.2, 0) is 6.54 Å². The number of halogens is 2. The van der Waals surface area contributed by atoms with Crippen molar-refractivity contribution in [1.29, 1.82) is 0 Å². The Bertz CT molecular complexity index is 570. The largest absolute Gasteiger partial charge is 0.424 e. The van der Waals surface area contributed by atoms with Gasteiger partial charge in [-0.25, -0.2) is 4.98 Å². The Kier molecular flexibility index (Phi) is 4.58. The van der Waals surface area contributed by atoms with E-state index in [0.717, 1.165) is 17.8 Å². The van der Waals surface area contributed by atoms with Crippen molar-refractivity contribution in [3.05, 3.63) is 45.7 Å². The molecule has 0 aliphatic rings. The van der Waals surface area contributed by atoms with E-state index in [-0.39, 0.29) is 6.01 Å². The van der Waals surface area contributed by atoms with Crippen LogP contribution in [0.5, 0.6) is 11.8 Å². The van der Waals surface area contributed by atoms with E-state index < -0.39 is 0 Å². The molecule has 1 heterocycles. The minimum absolute atomic E-state index is 0.274. The summed E-state index contributed by atoms with van der Waals surface area (Å²) in [5.74, 6) is 0.512. The summed E-state index contributed by atoms with van der Waals surface area (Å²) in [5, 5.41) is 4.06. The van der Waals surface area contributed by atoms with Crippen molar-refractivity contribution >= 4 is 23.2 Å². The summed E-state index contributed by atoms with van der Waals surface area (Å²) < 4.78 is 5.54. The van der Waals surface area contributed by atoms with Gasteiger partial charge in [0.05, 0.1) is 0 Å². The van der Waals surface area contributed by atoms with Gasteiger partial charge in [0.15, 0.2) is 0 Å². The van der Waals surface area contributed by atoms with E-state index >= 15 is 0 Å². The van der Waals surface area contributed by atoms with Gasteiger partial charge in [-0.2, -0.15) is 4.98 Å². The van der Waals surface area contributed by atoms with Crippen LogP contribution in [0.4, 0.5) is 0 Å². The maximum atomic E-state index is 5.90. The third-order valence-corrected chi connectivity index (χ3v) is 2.91. The van der Waals surface area contributed by atoms with Gasteiger partial charge in [0.2, 0.25) is 0 Å². The molecule has 0 spiro atoms. The molecular formula is C13H13Cl2N3O. The Morgan fingerprint density at radius 2 is 1.89 bits per heavy atom. The van der Waals surface area contributed by atoms with Crippen LogP contribution in [0.25, 0.3) is 0 Å². The lowest BCUT2D eigenvalue weighted by atomic mass is 10.2. The van der Waals surface area contributed by atoms with Crippen LogP contribution < -0.4 is 10.1 Å². The highest BCUT2D eigenvalue weighted by Crippen LogP contribution is 2.27. The third-order valence-electron chi connectivity index (χ3n) is 2.47. The zero-order chi connectivity index (χ0) is 13.8. The van der Waals surface area contributed by atoms with Gasteiger partial charge in [0.1, 0.15) is 5.75 Å². The molecule has 1 aromatic carbocycles. The molecule has 0 atom stereocenters. The van der Waals surface area contributed by atoms with Crippen molar-refractivity contribution in [1.82, 2.24) is 15.3 Å². The lowest BCUT2D eigenvalue weighted by Gasteiger charge is -2.08. The number of aromatic nitrogens is 2. The van der Waals surface area contributed by atoms with Crippen molar-refractivity contribution in [2.75, 3.05) is 7.05 Å². The highest BCUT2D eigenvalue weighted by Gasteiger charge is 2.06. The molecule has 2 aromatic rings. The van der Waals surface area contributed by atoms with Gasteiger partial charge < -0.3 is 10.1 Å². The second kappa shape index (κ2) is 6.19. The first-order chi connectivity index (χ1) is 9.08. The van der Waals surface area contributed by atoms with Gasteiger partial charge in [0, 0.05) is 34.0 Å². The highest BCUT2D eigenvalue weighted by atomic mass is 35.5. The average Bonchev–Trinajstić information content (AvgIpc) is 2.31. The molecule has 6 heteroatoms. The molecule has 19 heavy (non-hydrogen) atoms. The topological polar surface area (TPSA) is 47.0 Å². The van der Waals surface area contributed by atoms with Crippen LogP contribution in [0.3, 0.4) is 0 Å². The van der Waals surface area contributed by atoms with Gasteiger partial charge in [-0.1, -0.05) is 23.2 Å². The van der Waals surface area contributed by atoms with E-state index in [4.69, 9.17) is 27.9 Å². The van der Waals surface area contributed by atoms with Crippen LogP contribution in [0.15, 0.2) is 24.4 Å². The molecule has 0 amide bonds. The molecule has 0 aliphatic carbocycles. The molecule has 0 bridgehead atoms. The van der Waals surface area contributed by atoms with E-state index in [1.54, 1.807) is 24.4 Å². The maximum Gasteiger partial charge on any atom is 0.322 e. The molecule has 0 fully saturated rings. The SMILES string of the molecule is CNCc1cnc(Oc2cc(Cl)cc(Cl)c2)nc1C. The molecule has 0 aliphatic heterocycles. The fourth-order valence-electron chi connectivity index (χ4n) is 1.58. The number of nitrogens with zero attached hydrogens (tertiary/aromatic N) is 2. The van der Waals surface area contributed by atoms with Gasteiger partial charge in [-0.3, -0.25) is 0 Å². The molecular weight excluding hydrogens is 285 g/mol. The summed E-state index contributed by atoms with van der Waals surface area (Å²) in [7, 11) is 1.87. The van der Waals surface area contributed by atoms with Crippen molar-refractivity contribution in [3.63, 3.8) is 0 Å². The van der Waals surface area contributed by atoms with E-state index in [9.17, 15) is 0 Å². The van der Waals surface area contributed by atoms with Crippen molar-refractivity contribution in [3.8, 4) is 11.8 Å². The molecule has 4 nitrogen and oxygen atoms in total. The summed E-state index contributed by atoms with van der Waals surface area (Å²) in [4.78, 5) is 8.44. The van der Waals surface area contributed by atoms with Crippen LogP contribution in [0.1, 0.15) is 11.3 Å². The van der Waals surface area contributed by atoms with Crippen LogP contribution in [-0.4, -0.2) is 17.0 Å². The zero-order valence-corrected chi connectivity index (χ0v) is 12.1. The fraction of sp³-hybridized carbons (Fsp3) is 0.231. The number of hydrogen-bond donors (Lipinski definition) is 1. The molecule has 0 saturated carbocycles. The van der Waals surface area contributed by atoms with Gasteiger partial charge in [0.25, 0.3) is 0 Å². The second-order valence-corrected chi connectivity index (χ2v) is 4.87. The Labute approximate surface area is 121 Å². The molecule has 1 aromatic heterocycles. The van der Waals surface area contributed by atoms with Gasteiger partial charge in [-0.05, 0) is 32.2 Å². The first-order valence-corrected chi connectivity index (χ1v) is 6.45. The quantitative estimate of drug-likeness (QED) is 0.936. The first kappa shape index (κ1) is 14.1. The fourth-order valence-corrected chi connectivity index (χ4v) is 2.08. The number of nitrogens with one attached hydrogen (secondary N) is 1. The van der Waals surface area contributed by atoms with Crippen molar-refractivity contribution in [2.45, 2.75) is 13.5 Å². The molecule has 0 unspecified atom stereocenters. The normalized spacial score (nSPS) is 10.5. The predicted octanol–water partition coefficient (Wildman–Crippen LogP) is 3.60. The van der Waals surface area contributed by atoms with Crippen molar-refractivity contribution < 1.29 is 4.74 Å². The molecule has 100 valence electrons. The number of rotatable bonds is 4. The predicted molar refractivity (Wildman–Crippen MR) is 76.1 cm³/mol. The number of aryl methyl sites for hydroxylation is 1. The smallest absolute Gasteiger partial charge is 0.322 e. The number of ether oxygens (including phenoxy) is 1. The lowest BCUT2D eigenvalue weighted by Crippen LogP contribution is -2.08. The molecule has 0 radical (unpaired) electrons. The van der Waals surface area contributed by atoms with E-state index in [1.165, 1.54) is 0 Å². The Morgan fingerprint density at radius 1 is 1.21 bits per heavy atom. The summed E-state index contributed by atoms with van der Waals surface area (Å²) in [6.45, 7) is 2.63. The lowest BCUT2D eigenvalue weighted by molar-refractivity contribution is 0.439. The van der Waals surface area contributed by atoms with Crippen LogP contribution >= 0.6 is 23.2 Å². The van der Waals surface area contributed by atoms with E-state index in [2.05, 4.69) is 15.3 Å². The summed E-state index contributed by atoms with van der Waals surface area (Å²) >= 11 is 11.8. The van der Waals surface area contributed by atoms with E-state index in [0.29, 0.717) is 15.8 Å².